The van der Waals surface area contributed by atoms with E-state index in [1.54, 1.807) is 0 Å². The van der Waals surface area contributed by atoms with Crippen molar-refractivity contribution in [3.63, 3.8) is 0 Å². The Labute approximate surface area is 119 Å². The van der Waals surface area contributed by atoms with Gasteiger partial charge in [-0.1, -0.05) is 26.7 Å². The fourth-order valence-electron chi connectivity index (χ4n) is 3.50. The lowest BCUT2D eigenvalue weighted by molar-refractivity contribution is 0.0632. The van der Waals surface area contributed by atoms with Crippen molar-refractivity contribution < 1.29 is 4.74 Å². The predicted octanol–water partition coefficient (Wildman–Crippen LogP) is 3.61. The molecule has 0 aliphatic carbocycles. The second-order valence-electron chi connectivity index (χ2n) is 6.01. The minimum Gasteiger partial charge on any atom is -0.377 e. The molecule has 0 aromatic rings. The van der Waals surface area contributed by atoms with Crippen molar-refractivity contribution in [3.8, 4) is 0 Å². The molecule has 1 rings (SSSR count). The van der Waals surface area contributed by atoms with E-state index in [0.29, 0.717) is 17.6 Å². The highest BCUT2D eigenvalue weighted by molar-refractivity contribution is 7.80. The molecule has 0 bridgehead atoms. The molecule has 3 heteroatoms. The van der Waals surface area contributed by atoms with Crippen molar-refractivity contribution in [2.45, 2.75) is 65.0 Å². The first-order chi connectivity index (χ1) is 8.58. The Morgan fingerprint density at radius 1 is 1.28 bits per heavy atom. The van der Waals surface area contributed by atoms with E-state index in [0.717, 1.165) is 18.9 Å². The van der Waals surface area contributed by atoms with Crippen LogP contribution in [0.2, 0.25) is 0 Å². The summed E-state index contributed by atoms with van der Waals surface area (Å²) in [5, 5.41) is 0. The van der Waals surface area contributed by atoms with Gasteiger partial charge in [-0.2, -0.15) is 12.6 Å². The predicted molar refractivity (Wildman–Crippen MR) is 82.6 cm³/mol. The molecule has 2 unspecified atom stereocenters. The van der Waals surface area contributed by atoms with Gasteiger partial charge in [0.1, 0.15) is 0 Å². The van der Waals surface area contributed by atoms with Crippen LogP contribution in [0.5, 0.6) is 0 Å². The summed E-state index contributed by atoms with van der Waals surface area (Å²) in [6.45, 7) is 8.86. The first kappa shape index (κ1) is 16.3. The van der Waals surface area contributed by atoms with E-state index < -0.39 is 0 Å². The van der Waals surface area contributed by atoms with Crippen LogP contribution < -0.4 is 0 Å². The maximum absolute atomic E-state index is 5.69. The summed E-state index contributed by atoms with van der Waals surface area (Å²) in [5.41, 5.74) is 0.393. The Morgan fingerprint density at radius 2 is 1.89 bits per heavy atom. The summed E-state index contributed by atoms with van der Waals surface area (Å²) in [7, 11) is 2.26. The van der Waals surface area contributed by atoms with E-state index in [1.165, 1.54) is 32.1 Å². The third-order valence-electron chi connectivity index (χ3n) is 4.38. The number of hydrogen-bond donors (Lipinski definition) is 1. The first-order valence-corrected chi connectivity index (χ1v) is 8.14. The Balaban J connectivity index is 2.63. The van der Waals surface area contributed by atoms with Crippen LogP contribution in [0.15, 0.2) is 0 Å². The van der Waals surface area contributed by atoms with E-state index in [-0.39, 0.29) is 0 Å². The van der Waals surface area contributed by atoms with E-state index in [9.17, 15) is 0 Å². The average Bonchev–Trinajstić information content (AvgIpc) is 2.76. The lowest BCUT2D eigenvalue weighted by Gasteiger charge is -2.39. The SMILES string of the molecule is CCCC(CS)(CCC)CN(C)C1CCOC1C. The van der Waals surface area contributed by atoms with Gasteiger partial charge in [0.15, 0.2) is 0 Å². The van der Waals surface area contributed by atoms with Gasteiger partial charge in [0, 0.05) is 19.2 Å². The normalized spacial score (nSPS) is 25.0. The molecule has 0 amide bonds. The van der Waals surface area contributed by atoms with Crippen LogP contribution in [0.25, 0.3) is 0 Å². The van der Waals surface area contributed by atoms with E-state index >= 15 is 0 Å². The summed E-state index contributed by atoms with van der Waals surface area (Å²) in [5.74, 6) is 1.00. The van der Waals surface area contributed by atoms with Gasteiger partial charge >= 0.3 is 0 Å². The molecule has 1 saturated heterocycles. The van der Waals surface area contributed by atoms with Crippen molar-refractivity contribution in [3.05, 3.63) is 0 Å². The second kappa shape index (κ2) is 7.76. The van der Waals surface area contributed by atoms with Crippen molar-refractivity contribution >= 4 is 12.6 Å². The van der Waals surface area contributed by atoms with Crippen LogP contribution in [0.3, 0.4) is 0 Å². The van der Waals surface area contributed by atoms with Crippen LogP contribution >= 0.6 is 12.6 Å². The Hall–Kier alpha value is 0.270. The number of rotatable bonds is 8. The molecule has 0 spiro atoms. The molecule has 1 aliphatic rings. The molecule has 0 saturated carbocycles. The largest absolute Gasteiger partial charge is 0.377 e. The summed E-state index contributed by atoms with van der Waals surface area (Å²) < 4.78 is 5.69. The second-order valence-corrected chi connectivity index (χ2v) is 6.32. The molecule has 0 aromatic carbocycles. The number of nitrogens with zero attached hydrogens (tertiary/aromatic N) is 1. The van der Waals surface area contributed by atoms with E-state index in [2.05, 4.69) is 45.3 Å². The molecule has 2 nitrogen and oxygen atoms in total. The van der Waals surface area contributed by atoms with Crippen molar-refractivity contribution in [2.24, 2.45) is 5.41 Å². The third-order valence-corrected chi connectivity index (χ3v) is 5.05. The standard InChI is InChI=1S/C15H31NOS/c1-5-8-15(12-18,9-6-2)11-16(4)14-7-10-17-13(14)3/h13-14,18H,5-12H2,1-4H3. The molecular formula is C15H31NOS. The van der Waals surface area contributed by atoms with Gasteiger partial charge in [-0.05, 0) is 44.4 Å². The first-order valence-electron chi connectivity index (χ1n) is 7.51. The molecule has 0 radical (unpaired) electrons. The summed E-state index contributed by atoms with van der Waals surface area (Å²) in [6.07, 6.45) is 6.65. The summed E-state index contributed by atoms with van der Waals surface area (Å²) >= 11 is 4.65. The molecule has 0 aromatic heterocycles. The highest BCUT2D eigenvalue weighted by Gasteiger charge is 2.34. The van der Waals surface area contributed by atoms with Crippen LogP contribution in [-0.4, -0.2) is 43.0 Å². The smallest absolute Gasteiger partial charge is 0.0702 e. The maximum Gasteiger partial charge on any atom is 0.0702 e. The van der Waals surface area contributed by atoms with Gasteiger partial charge in [0.25, 0.3) is 0 Å². The van der Waals surface area contributed by atoms with Crippen LogP contribution in [0.1, 0.15) is 52.9 Å². The molecule has 1 aliphatic heterocycles. The molecule has 2 atom stereocenters. The van der Waals surface area contributed by atoms with Crippen molar-refractivity contribution in [1.82, 2.24) is 4.90 Å². The van der Waals surface area contributed by atoms with Crippen molar-refractivity contribution in [2.75, 3.05) is 26.0 Å². The zero-order valence-corrected chi connectivity index (χ0v) is 13.5. The minimum atomic E-state index is 0.385. The van der Waals surface area contributed by atoms with Crippen LogP contribution in [-0.2, 0) is 4.74 Å². The third kappa shape index (κ3) is 4.14. The Kier molecular flexibility index (Phi) is 7.04. The zero-order chi connectivity index (χ0) is 13.6. The van der Waals surface area contributed by atoms with E-state index in [4.69, 9.17) is 4.74 Å². The Bertz CT molecular complexity index is 229. The monoisotopic (exact) mass is 273 g/mol. The van der Waals surface area contributed by atoms with Gasteiger partial charge < -0.3 is 9.64 Å². The molecule has 1 fully saturated rings. The maximum atomic E-state index is 5.69. The molecule has 1 heterocycles. The van der Waals surface area contributed by atoms with Crippen molar-refractivity contribution in [1.29, 1.82) is 0 Å². The molecule has 0 N–H and O–H groups in total. The molecular weight excluding hydrogens is 242 g/mol. The fourth-order valence-corrected chi connectivity index (χ4v) is 3.91. The quantitative estimate of drug-likeness (QED) is 0.678. The van der Waals surface area contributed by atoms with Gasteiger partial charge in [0.05, 0.1) is 6.10 Å². The lowest BCUT2D eigenvalue weighted by atomic mass is 9.80. The van der Waals surface area contributed by atoms with Gasteiger partial charge in [0.2, 0.25) is 0 Å². The summed E-state index contributed by atoms with van der Waals surface area (Å²) in [6, 6.07) is 0.595. The molecule has 108 valence electrons. The highest BCUT2D eigenvalue weighted by atomic mass is 32.1. The number of ether oxygens (including phenoxy) is 1. The van der Waals surface area contributed by atoms with Crippen LogP contribution in [0.4, 0.5) is 0 Å². The van der Waals surface area contributed by atoms with Gasteiger partial charge in [-0.25, -0.2) is 0 Å². The van der Waals surface area contributed by atoms with E-state index in [1.807, 2.05) is 0 Å². The van der Waals surface area contributed by atoms with Gasteiger partial charge in [-0.3, -0.25) is 0 Å². The lowest BCUT2D eigenvalue weighted by Crippen LogP contribution is -2.44. The summed E-state index contributed by atoms with van der Waals surface area (Å²) in [4.78, 5) is 2.53. The number of likely N-dealkylation sites (N-methyl/N-ethyl adjacent to an activating group) is 1. The fraction of sp³-hybridized carbons (Fsp3) is 1.00. The van der Waals surface area contributed by atoms with Crippen LogP contribution in [0, 0.1) is 5.41 Å². The topological polar surface area (TPSA) is 12.5 Å². The average molecular weight is 273 g/mol. The number of hydrogen-bond acceptors (Lipinski definition) is 3. The zero-order valence-electron chi connectivity index (χ0n) is 12.6. The molecule has 18 heavy (non-hydrogen) atoms. The number of thiol groups is 1. The minimum absolute atomic E-state index is 0.385. The Morgan fingerprint density at radius 3 is 2.28 bits per heavy atom. The highest BCUT2D eigenvalue weighted by Crippen LogP contribution is 2.33. The van der Waals surface area contributed by atoms with Gasteiger partial charge in [-0.15, -0.1) is 0 Å².